The molecule has 0 bridgehead atoms. The first-order valence-corrected chi connectivity index (χ1v) is 14.4. The normalized spacial score (nSPS) is 23.4. The Morgan fingerprint density at radius 2 is 1.95 bits per heavy atom. The number of hydrogen-bond acceptors (Lipinski definition) is 5. The molecule has 2 saturated heterocycles. The summed E-state index contributed by atoms with van der Waals surface area (Å²) in [5.74, 6) is 0.970. The smallest absolute Gasteiger partial charge is 0.380 e. The van der Waals surface area contributed by atoms with Gasteiger partial charge in [-0.2, -0.15) is 13.2 Å². The van der Waals surface area contributed by atoms with Crippen molar-refractivity contribution in [1.82, 2.24) is 19.7 Å². The number of rotatable bonds is 5. The average molecular weight is 566 g/mol. The van der Waals surface area contributed by atoms with Gasteiger partial charge in [-0.1, -0.05) is 19.1 Å². The fourth-order valence-electron chi connectivity index (χ4n) is 7.71. The lowest BCUT2D eigenvalue weighted by Gasteiger charge is -2.59. The minimum Gasteiger partial charge on any atom is -0.380 e. The molecule has 0 N–H and O–H groups in total. The van der Waals surface area contributed by atoms with E-state index in [1.807, 2.05) is 35.9 Å². The molecular weight excluding hydrogens is 531 g/mol. The van der Waals surface area contributed by atoms with E-state index in [4.69, 9.17) is 4.74 Å². The summed E-state index contributed by atoms with van der Waals surface area (Å²) >= 11 is 0. The number of fused-ring (bicyclic) bond motifs is 1. The van der Waals surface area contributed by atoms with Crippen LogP contribution in [0.15, 0.2) is 42.7 Å². The van der Waals surface area contributed by atoms with E-state index in [2.05, 4.69) is 22.0 Å². The van der Waals surface area contributed by atoms with Gasteiger partial charge >= 0.3 is 6.18 Å². The number of halogens is 3. The zero-order valence-corrected chi connectivity index (χ0v) is 23.4. The number of hydrogen-bond donors (Lipinski definition) is 0. The van der Waals surface area contributed by atoms with E-state index in [0.29, 0.717) is 36.9 Å². The van der Waals surface area contributed by atoms with Gasteiger partial charge in [-0.15, -0.1) is 10.2 Å². The lowest BCUT2D eigenvalue weighted by molar-refractivity contribution is -0.182. The van der Waals surface area contributed by atoms with Crippen molar-refractivity contribution in [2.75, 3.05) is 31.2 Å². The molecule has 1 aliphatic carbocycles. The predicted octanol–water partition coefficient (Wildman–Crippen LogP) is 5.32. The Balaban J connectivity index is 1.22. The minimum absolute atomic E-state index is 0.0564. The van der Waals surface area contributed by atoms with Crippen LogP contribution in [0.4, 0.5) is 18.9 Å². The number of aryl methyl sites for hydroxylation is 1. The van der Waals surface area contributed by atoms with Crippen molar-refractivity contribution in [3.05, 3.63) is 76.4 Å². The monoisotopic (exact) mass is 565 g/mol. The third kappa shape index (κ3) is 4.37. The third-order valence-corrected chi connectivity index (χ3v) is 9.57. The first-order chi connectivity index (χ1) is 19.6. The van der Waals surface area contributed by atoms with Crippen LogP contribution in [-0.2, 0) is 36.5 Å². The molecule has 1 aromatic heterocycles. The summed E-state index contributed by atoms with van der Waals surface area (Å²) in [6.07, 6.45) is 0.999. The van der Waals surface area contributed by atoms with Crippen molar-refractivity contribution in [2.45, 2.75) is 57.3 Å². The zero-order valence-electron chi connectivity index (χ0n) is 23.4. The quantitative estimate of drug-likeness (QED) is 0.419. The standard InChI is InChI=1S/C31H34F3N5O2/c1-20-5-4-8-38(12-20)13-21-9-24-25(26(10-21)31(32,33)34)14-39(27(24)40)23-7-3-6-22(11-23)30(28-36-35-19-37(28)2)15-29(16-30)17-41-18-29/h3,6-7,9-11,19-20H,4-5,8,12-18H2,1-2H3/t20-/m0/s1. The minimum atomic E-state index is -4.55. The number of likely N-dealkylation sites (tertiary alicyclic amines) is 1. The van der Waals surface area contributed by atoms with Crippen molar-refractivity contribution >= 4 is 11.6 Å². The third-order valence-electron chi connectivity index (χ3n) is 9.57. The van der Waals surface area contributed by atoms with E-state index >= 15 is 0 Å². The van der Waals surface area contributed by atoms with Gasteiger partial charge in [0.15, 0.2) is 0 Å². The molecular formula is C31H34F3N5O2. The van der Waals surface area contributed by atoms with Crippen LogP contribution in [0.3, 0.4) is 0 Å². The van der Waals surface area contributed by atoms with Gasteiger partial charge in [0.1, 0.15) is 12.2 Å². The number of aromatic nitrogens is 3. The van der Waals surface area contributed by atoms with Crippen LogP contribution in [0, 0.1) is 11.3 Å². The van der Waals surface area contributed by atoms with E-state index in [-0.39, 0.29) is 29.0 Å². The van der Waals surface area contributed by atoms with Crippen molar-refractivity contribution in [3.8, 4) is 0 Å². The van der Waals surface area contributed by atoms with Gasteiger partial charge in [0, 0.05) is 36.8 Å². The fraction of sp³-hybridized carbons (Fsp3) is 0.516. The Hall–Kier alpha value is -3.24. The average Bonchev–Trinajstić information content (AvgIpc) is 3.45. The van der Waals surface area contributed by atoms with Crippen molar-refractivity contribution in [2.24, 2.45) is 18.4 Å². The molecule has 2 aromatic carbocycles. The fourth-order valence-corrected chi connectivity index (χ4v) is 7.71. The molecule has 41 heavy (non-hydrogen) atoms. The van der Waals surface area contributed by atoms with E-state index in [0.717, 1.165) is 50.2 Å². The van der Waals surface area contributed by atoms with Gasteiger partial charge in [-0.25, -0.2) is 0 Å². The van der Waals surface area contributed by atoms with Crippen molar-refractivity contribution in [1.29, 1.82) is 0 Å². The Morgan fingerprint density at radius 3 is 2.61 bits per heavy atom. The largest absolute Gasteiger partial charge is 0.416 e. The molecule has 3 aliphatic heterocycles. The summed E-state index contributed by atoms with van der Waals surface area (Å²) in [6, 6.07) is 10.6. The maximum atomic E-state index is 14.3. The lowest BCUT2D eigenvalue weighted by atomic mass is 9.49. The number of amides is 1. The summed E-state index contributed by atoms with van der Waals surface area (Å²) in [7, 11) is 1.92. The molecule has 7 nitrogen and oxygen atoms in total. The Morgan fingerprint density at radius 1 is 1.15 bits per heavy atom. The van der Waals surface area contributed by atoms with Gasteiger partial charge in [0.05, 0.1) is 30.7 Å². The number of nitrogens with zero attached hydrogens (tertiary/aromatic N) is 5. The second-order valence-corrected chi connectivity index (χ2v) is 12.8. The molecule has 3 fully saturated rings. The molecule has 0 unspecified atom stereocenters. The summed E-state index contributed by atoms with van der Waals surface area (Å²) < 4.78 is 50.4. The van der Waals surface area contributed by atoms with Gasteiger partial charge in [0.25, 0.3) is 5.91 Å². The molecule has 1 spiro atoms. The molecule has 4 heterocycles. The Bertz CT molecular complexity index is 1500. The Labute approximate surface area is 237 Å². The number of piperidine rings is 1. The van der Waals surface area contributed by atoms with Crippen LogP contribution >= 0.6 is 0 Å². The molecule has 4 aliphatic rings. The van der Waals surface area contributed by atoms with Crippen LogP contribution in [0.2, 0.25) is 0 Å². The molecule has 216 valence electrons. The van der Waals surface area contributed by atoms with Crippen LogP contribution in [-0.4, -0.2) is 51.9 Å². The number of carbonyl (C=O) groups excluding carboxylic acids is 1. The van der Waals surface area contributed by atoms with Crippen LogP contribution in [0.25, 0.3) is 0 Å². The molecule has 1 amide bonds. The summed E-state index contributed by atoms with van der Waals surface area (Å²) in [6.45, 7) is 5.61. The molecule has 3 aromatic rings. The number of ether oxygens (including phenoxy) is 1. The zero-order chi connectivity index (χ0) is 28.6. The lowest BCUT2D eigenvalue weighted by Crippen LogP contribution is -2.60. The highest BCUT2D eigenvalue weighted by molar-refractivity contribution is 6.10. The van der Waals surface area contributed by atoms with E-state index in [1.165, 1.54) is 11.0 Å². The van der Waals surface area contributed by atoms with E-state index in [9.17, 15) is 18.0 Å². The highest BCUT2D eigenvalue weighted by Crippen LogP contribution is 2.61. The maximum absolute atomic E-state index is 14.3. The maximum Gasteiger partial charge on any atom is 0.416 e. The molecule has 10 heteroatoms. The number of benzene rings is 2. The summed E-state index contributed by atoms with van der Waals surface area (Å²) in [4.78, 5) is 17.4. The van der Waals surface area contributed by atoms with E-state index < -0.39 is 17.2 Å². The van der Waals surface area contributed by atoms with Crippen molar-refractivity contribution < 1.29 is 22.7 Å². The van der Waals surface area contributed by atoms with Crippen molar-refractivity contribution in [3.63, 3.8) is 0 Å². The number of carbonyl (C=O) groups is 1. The molecule has 0 radical (unpaired) electrons. The topological polar surface area (TPSA) is 63.5 Å². The van der Waals surface area contributed by atoms with Crippen LogP contribution in [0.1, 0.15) is 71.0 Å². The predicted molar refractivity (Wildman–Crippen MR) is 146 cm³/mol. The SMILES string of the molecule is C[C@H]1CCCN(Cc2cc3c(c(C(F)(F)F)c2)CN(c2cccc(C4(c5nncn5C)CC5(COC5)C4)c2)C3=O)C1. The summed E-state index contributed by atoms with van der Waals surface area (Å²) in [5, 5.41) is 8.57. The highest BCUT2D eigenvalue weighted by atomic mass is 19.4. The second kappa shape index (κ2) is 9.39. The first kappa shape index (κ1) is 26.6. The van der Waals surface area contributed by atoms with Crippen LogP contribution in [0.5, 0.6) is 0 Å². The molecule has 1 atom stereocenters. The highest BCUT2D eigenvalue weighted by Gasteiger charge is 2.61. The van der Waals surface area contributed by atoms with Crippen LogP contribution < -0.4 is 4.90 Å². The van der Waals surface area contributed by atoms with Gasteiger partial charge < -0.3 is 14.2 Å². The van der Waals surface area contributed by atoms with Gasteiger partial charge in [-0.3, -0.25) is 9.69 Å². The van der Waals surface area contributed by atoms with Gasteiger partial charge in [-0.05, 0) is 79.1 Å². The molecule has 1 saturated carbocycles. The summed E-state index contributed by atoms with van der Waals surface area (Å²) in [5.41, 5.74) is 1.35. The second-order valence-electron chi connectivity index (χ2n) is 12.8. The van der Waals surface area contributed by atoms with E-state index in [1.54, 1.807) is 12.4 Å². The molecule has 7 rings (SSSR count). The number of anilines is 1. The Kier molecular flexibility index (Phi) is 6.10. The first-order valence-electron chi connectivity index (χ1n) is 14.4. The number of alkyl halides is 3. The van der Waals surface area contributed by atoms with Gasteiger partial charge in [0.2, 0.25) is 0 Å².